The maximum absolute atomic E-state index is 12.6. The number of para-hydroxylation sites is 1. The molecule has 5 rings (SSSR count). The molecule has 30 heavy (non-hydrogen) atoms. The van der Waals surface area contributed by atoms with Crippen LogP contribution in [0.25, 0.3) is 16.3 Å². The van der Waals surface area contributed by atoms with E-state index in [-0.39, 0.29) is 12.7 Å². The van der Waals surface area contributed by atoms with Crippen LogP contribution in [0.3, 0.4) is 0 Å². The monoisotopic (exact) mass is 423 g/mol. The highest BCUT2D eigenvalue weighted by molar-refractivity contribution is 7.22. The van der Waals surface area contributed by atoms with Gasteiger partial charge in [0.1, 0.15) is 11.3 Å². The number of carbonyl (C=O) groups excluding carboxylic acids is 1. The maximum Gasteiger partial charge on any atom is 0.246 e. The van der Waals surface area contributed by atoms with Crippen LogP contribution in [0.2, 0.25) is 0 Å². The number of piperazine rings is 1. The van der Waals surface area contributed by atoms with E-state index in [0.717, 1.165) is 45.5 Å². The molecule has 0 saturated carbocycles. The second-order valence-electron chi connectivity index (χ2n) is 7.06. The molecule has 0 spiro atoms. The van der Waals surface area contributed by atoms with Crippen LogP contribution in [0.5, 0.6) is 17.2 Å². The second kappa shape index (κ2) is 7.87. The third-order valence-electron chi connectivity index (χ3n) is 5.27. The van der Waals surface area contributed by atoms with Gasteiger partial charge in [-0.1, -0.05) is 23.5 Å². The van der Waals surface area contributed by atoms with E-state index in [2.05, 4.69) is 11.0 Å². The molecule has 8 heteroatoms. The number of ether oxygens (including phenoxy) is 3. The van der Waals surface area contributed by atoms with E-state index < -0.39 is 0 Å². The molecule has 3 heterocycles. The molecule has 2 aliphatic heterocycles. The molecule has 3 aromatic rings. The highest BCUT2D eigenvalue weighted by atomic mass is 32.1. The molecule has 2 aliphatic rings. The number of thiazole rings is 1. The molecule has 7 nitrogen and oxygen atoms in total. The number of hydrogen-bond acceptors (Lipinski definition) is 7. The normalized spacial score (nSPS) is 15.9. The summed E-state index contributed by atoms with van der Waals surface area (Å²) < 4.78 is 17.2. The second-order valence-corrected chi connectivity index (χ2v) is 8.07. The van der Waals surface area contributed by atoms with Gasteiger partial charge in [-0.05, 0) is 35.9 Å². The first-order valence-corrected chi connectivity index (χ1v) is 10.6. The quantitative estimate of drug-likeness (QED) is 0.600. The molecular formula is C22H21N3O4S. The Morgan fingerprint density at radius 1 is 1.13 bits per heavy atom. The fraction of sp³-hybridized carbons (Fsp3) is 0.273. The molecule has 1 saturated heterocycles. The largest absolute Gasteiger partial charge is 0.494 e. The van der Waals surface area contributed by atoms with Crippen LogP contribution in [-0.2, 0) is 4.79 Å². The summed E-state index contributed by atoms with van der Waals surface area (Å²) in [5.41, 5.74) is 1.81. The van der Waals surface area contributed by atoms with Crippen molar-refractivity contribution in [2.24, 2.45) is 0 Å². The summed E-state index contributed by atoms with van der Waals surface area (Å²) >= 11 is 1.66. The van der Waals surface area contributed by atoms with Gasteiger partial charge in [-0.15, -0.1) is 0 Å². The molecule has 0 bridgehead atoms. The predicted octanol–water partition coefficient (Wildman–Crippen LogP) is 3.40. The first-order valence-electron chi connectivity index (χ1n) is 9.76. The zero-order chi connectivity index (χ0) is 20.5. The number of nitrogens with zero attached hydrogens (tertiary/aromatic N) is 3. The van der Waals surface area contributed by atoms with Gasteiger partial charge >= 0.3 is 0 Å². The Labute approximate surface area is 178 Å². The maximum atomic E-state index is 12.6. The Morgan fingerprint density at radius 2 is 1.97 bits per heavy atom. The van der Waals surface area contributed by atoms with E-state index >= 15 is 0 Å². The average Bonchev–Trinajstić information content (AvgIpc) is 3.43. The summed E-state index contributed by atoms with van der Waals surface area (Å²) in [6, 6.07) is 11.6. The average molecular weight is 423 g/mol. The van der Waals surface area contributed by atoms with Crippen LogP contribution >= 0.6 is 11.3 Å². The number of hydrogen-bond donors (Lipinski definition) is 0. The SMILES string of the molecule is COc1cccc2sc(N3CCN(C(=O)/C=C\c4ccc5c(c4)OCO5)CC3)nc12. The molecule has 154 valence electrons. The Balaban J connectivity index is 1.22. The van der Waals surface area contributed by atoms with E-state index in [1.54, 1.807) is 24.5 Å². The molecule has 2 aromatic carbocycles. The van der Waals surface area contributed by atoms with Crippen LogP contribution < -0.4 is 19.1 Å². The van der Waals surface area contributed by atoms with Crippen molar-refractivity contribution in [1.82, 2.24) is 9.88 Å². The van der Waals surface area contributed by atoms with Gasteiger partial charge in [0.15, 0.2) is 16.6 Å². The van der Waals surface area contributed by atoms with Gasteiger partial charge in [-0.3, -0.25) is 4.79 Å². The van der Waals surface area contributed by atoms with Crippen LogP contribution in [0.1, 0.15) is 5.56 Å². The number of benzene rings is 2. The first kappa shape index (κ1) is 18.7. The summed E-state index contributed by atoms with van der Waals surface area (Å²) in [4.78, 5) is 21.5. The van der Waals surface area contributed by atoms with E-state index in [1.165, 1.54) is 0 Å². The van der Waals surface area contributed by atoms with Gasteiger partial charge in [-0.25, -0.2) is 4.98 Å². The van der Waals surface area contributed by atoms with Crippen molar-refractivity contribution in [2.75, 3.05) is 45.0 Å². The molecule has 1 aromatic heterocycles. The van der Waals surface area contributed by atoms with Gasteiger partial charge < -0.3 is 24.0 Å². The molecule has 1 fully saturated rings. The number of carbonyl (C=O) groups is 1. The zero-order valence-corrected chi connectivity index (χ0v) is 17.4. The van der Waals surface area contributed by atoms with Gasteiger partial charge in [0.25, 0.3) is 0 Å². The lowest BCUT2D eigenvalue weighted by Gasteiger charge is -2.34. The van der Waals surface area contributed by atoms with E-state index in [0.29, 0.717) is 18.8 Å². The minimum Gasteiger partial charge on any atom is -0.494 e. The highest BCUT2D eigenvalue weighted by Crippen LogP contribution is 2.34. The smallest absolute Gasteiger partial charge is 0.246 e. The molecule has 0 radical (unpaired) electrons. The predicted molar refractivity (Wildman–Crippen MR) is 117 cm³/mol. The fourth-order valence-corrected chi connectivity index (χ4v) is 4.65. The third kappa shape index (κ3) is 3.54. The highest BCUT2D eigenvalue weighted by Gasteiger charge is 2.22. The van der Waals surface area contributed by atoms with Gasteiger partial charge in [0, 0.05) is 32.3 Å². The van der Waals surface area contributed by atoms with Crippen molar-refractivity contribution in [2.45, 2.75) is 0 Å². The van der Waals surface area contributed by atoms with Gasteiger partial charge in [-0.2, -0.15) is 0 Å². The summed E-state index contributed by atoms with van der Waals surface area (Å²) in [5.74, 6) is 2.25. The molecule has 1 amide bonds. The number of anilines is 1. The Morgan fingerprint density at radius 3 is 2.80 bits per heavy atom. The van der Waals surface area contributed by atoms with Crippen molar-refractivity contribution in [1.29, 1.82) is 0 Å². The molecule has 0 unspecified atom stereocenters. The Kier molecular flexibility index (Phi) is 4.92. The molecule has 0 N–H and O–H groups in total. The van der Waals surface area contributed by atoms with Gasteiger partial charge in [0.05, 0.1) is 11.8 Å². The third-order valence-corrected chi connectivity index (χ3v) is 6.35. The number of aromatic nitrogens is 1. The van der Waals surface area contributed by atoms with Crippen LogP contribution in [0.4, 0.5) is 5.13 Å². The number of methoxy groups -OCH3 is 1. The fourth-order valence-electron chi connectivity index (χ4n) is 3.62. The minimum atomic E-state index is 0.0123. The lowest BCUT2D eigenvalue weighted by atomic mass is 10.2. The number of amides is 1. The van der Waals surface area contributed by atoms with Crippen LogP contribution in [0, 0.1) is 0 Å². The Hall–Kier alpha value is -3.26. The summed E-state index contributed by atoms with van der Waals surface area (Å²) in [6.07, 6.45) is 3.44. The van der Waals surface area contributed by atoms with Crippen molar-refractivity contribution in [3.8, 4) is 17.2 Å². The summed E-state index contributed by atoms with van der Waals surface area (Å²) in [6.45, 7) is 3.08. The van der Waals surface area contributed by atoms with E-state index in [9.17, 15) is 4.79 Å². The summed E-state index contributed by atoms with van der Waals surface area (Å²) in [7, 11) is 1.66. The van der Waals surface area contributed by atoms with E-state index in [1.807, 2.05) is 41.3 Å². The molecule has 0 aliphatic carbocycles. The molecule has 0 atom stereocenters. The van der Waals surface area contributed by atoms with Crippen molar-refractivity contribution in [3.05, 3.63) is 48.0 Å². The van der Waals surface area contributed by atoms with Crippen molar-refractivity contribution >= 4 is 38.7 Å². The van der Waals surface area contributed by atoms with Crippen LogP contribution in [0.15, 0.2) is 42.5 Å². The number of rotatable bonds is 4. The van der Waals surface area contributed by atoms with Crippen molar-refractivity contribution < 1.29 is 19.0 Å². The number of fused-ring (bicyclic) bond motifs is 2. The standard InChI is InChI=1S/C22H21N3O4S/c1-27-17-3-2-4-19-21(17)23-22(30-19)25-11-9-24(10-12-25)20(26)8-6-15-5-7-16-18(13-15)29-14-28-16/h2-8,13H,9-12,14H2,1H3/b8-6-. The van der Waals surface area contributed by atoms with Crippen LogP contribution in [-0.4, -0.2) is 55.9 Å². The molecular weight excluding hydrogens is 402 g/mol. The first-order chi connectivity index (χ1) is 14.7. The topological polar surface area (TPSA) is 64.1 Å². The Bertz CT molecular complexity index is 1120. The van der Waals surface area contributed by atoms with E-state index in [4.69, 9.17) is 19.2 Å². The lowest BCUT2D eigenvalue weighted by Crippen LogP contribution is -2.48. The van der Waals surface area contributed by atoms with Crippen molar-refractivity contribution in [3.63, 3.8) is 0 Å². The van der Waals surface area contributed by atoms with Gasteiger partial charge in [0.2, 0.25) is 12.7 Å². The lowest BCUT2D eigenvalue weighted by molar-refractivity contribution is -0.126. The minimum absolute atomic E-state index is 0.0123. The summed E-state index contributed by atoms with van der Waals surface area (Å²) in [5, 5.41) is 0.970. The zero-order valence-electron chi connectivity index (χ0n) is 16.5.